The number of carbonyl (C=O) groups is 1. The SMILES string of the molecule is CCNC(=O)C1COCCN1c1ccc(CNC)cc1Cl. The average Bonchev–Trinajstić information content (AvgIpc) is 2.48. The van der Waals surface area contributed by atoms with Crippen LogP contribution in [0.15, 0.2) is 18.2 Å². The molecule has 1 unspecified atom stereocenters. The Bertz CT molecular complexity index is 496. The molecule has 1 aromatic carbocycles. The third-order valence-corrected chi connectivity index (χ3v) is 3.79. The molecule has 0 spiro atoms. The van der Waals surface area contributed by atoms with Gasteiger partial charge in [-0.1, -0.05) is 17.7 Å². The second kappa shape index (κ2) is 7.64. The van der Waals surface area contributed by atoms with E-state index in [1.54, 1.807) is 0 Å². The topological polar surface area (TPSA) is 53.6 Å². The van der Waals surface area contributed by atoms with Crippen LogP contribution in [0.5, 0.6) is 0 Å². The van der Waals surface area contributed by atoms with Crippen molar-refractivity contribution < 1.29 is 9.53 Å². The second-order valence-electron chi connectivity index (χ2n) is 4.99. The molecule has 1 aromatic rings. The van der Waals surface area contributed by atoms with Gasteiger partial charge in [0.25, 0.3) is 0 Å². The molecule has 1 atom stereocenters. The van der Waals surface area contributed by atoms with E-state index in [1.165, 1.54) is 0 Å². The van der Waals surface area contributed by atoms with Gasteiger partial charge in [0.1, 0.15) is 6.04 Å². The highest BCUT2D eigenvalue weighted by Crippen LogP contribution is 2.29. The zero-order chi connectivity index (χ0) is 15.2. The minimum Gasteiger partial charge on any atom is -0.377 e. The van der Waals surface area contributed by atoms with Crippen molar-refractivity contribution in [1.29, 1.82) is 0 Å². The number of benzene rings is 1. The van der Waals surface area contributed by atoms with E-state index in [-0.39, 0.29) is 11.9 Å². The van der Waals surface area contributed by atoms with Gasteiger partial charge in [-0.2, -0.15) is 0 Å². The van der Waals surface area contributed by atoms with Gasteiger partial charge < -0.3 is 20.3 Å². The number of rotatable bonds is 5. The third-order valence-electron chi connectivity index (χ3n) is 3.48. The lowest BCUT2D eigenvalue weighted by Gasteiger charge is -2.36. The van der Waals surface area contributed by atoms with E-state index >= 15 is 0 Å². The molecule has 1 heterocycles. The van der Waals surface area contributed by atoms with Gasteiger partial charge in [-0.3, -0.25) is 4.79 Å². The highest BCUT2D eigenvalue weighted by Gasteiger charge is 2.30. The van der Waals surface area contributed by atoms with Gasteiger partial charge in [0.15, 0.2) is 0 Å². The quantitative estimate of drug-likeness (QED) is 0.863. The van der Waals surface area contributed by atoms with Crippen LogP contribution in [0.25, 0.3) is 0 Å². The Labute approximate surface area is 130 Å². The summed E-state index contributed by atoms with van der Waals surface area (Å²) in [6.45, 7) is 4.93. The summed E-state index contributed by atoms with van der Waals surface area (Å²) in [4.78, 5) is 14.2. The molecule has 2 N–H and O–H groups in total. The Hall–Kier alpha value is -1.30. The molecule has 0 saturated carbocycles. The summed E-state index contributed by atoms with van der Waals surface area (Å²) in [7, 11) is 1.90. The lowest BCUT2D eigenvalue weighted by atomic mass is 10.1. The van der Waals surface area contributed by atoms with Gasteiger partial charge in [0, 0.05) is 19.6 Å². The largest absolute Gasteiger partial charge is 0.377 e. The number of ether oxygens (including phenoxy) is 1. The van der Waals surface area contributed by atoms with Crippen molar-refractivity contribution in [3.8, 4) is 0 Å². The molecule has 0 radical (unpaired) electrons. The van der Waals surface area contributed by atoms with Crippen LogP contribution in [0.1, 0.15) is 12.5 Å². The van der Waals surface area contributed by atoms with E-state index in [9.17, 15) is 4.79 Å². The highest BCUT2D eigenvalue weighted by molar-refractivity contribution is 6.33. The fourth-order valence-corrected chi connectivity index (χ4v) is 2.81. The van der Waals surface area contributed by atoms with Crippen molar-refractivity contribution >= 4 is 23.2 Å². The first-order valence-electron chi connectivity index (χ1n) is 7.22. The van der Waals surface area contributed by atoms with Crippen LogP contribution < -0.4 is 15.5 Å². The molecule has 1 amide bonds. The zero-order valence-electron chi connectivity index (χ0n) is 12.5. The first kappa shape index (κ1) is 16.1. The lowest BCUT2D eigenvalue weighted by Crippen LogP contribution is -2.54. The molecule has 0 bridgehead atoms. The van der Waals surface area contributed by atoms with Crippen molar-refractivity contribution in [3.63, 3.8) is 0 Å². The molecule has 0 aromatic heterocycles. The number of carbonyl (C=O) groups excluding carboxylic acids is 1. The number of nitrogens with one attached hydrogen (secondary N) is 2. The van der Waals surface area contributed by atoms with E-state index in [2.05, 4.69) is 10.6 Å². The predicted molar refractivity (Wildman–Crippen MR) is 84.9 cm³/mol. The Morgan fingerprint density at radius 1 is 1.52 bits per heavy atom. The van der Waals surface area contributed by atoms with Crippen molar-refractivity contribution in [2.24, 2.45) is 0 Å². The summed E-state index contributed by atoms with van der Waals surface area (Å²) in [5.41, 5.74) is 2.00. The minimum absolute atomic E-state index is 0.0208. The Kier molecular flexibility index (Phi) is 5.85. The molecule has 1 fully saturated rings. The number of anilines is 1. The molecule has 116 valence electrons. The molecule has 2 rings (SSSR count). The minimum atomic E-state index is -0.327. The number of hydrogen-bond acceptors (Lipinski definition) is 4. The van der Waals surface area contributed by atoms with Gasteiger partial charge >= 0.3 is 0 Å². The van der Waals surface area contributed by atoms with Gasteiger partial charge in [0.05, 0.1) is 23.9 Å². The van der Waals surface area contributed by atoms with E-state index in [4.69, 9.17) is 16.3 Å². The maximum Gasteiger partial charge on any atom is 0.245 e. The third kappa shape index (κ3) is 3.87. The van der Waals surface area contributed by atoms with Crippen LogP contribution in [0.4, 0.5) is 5.69 Å². The fourth-order valence-electron chi connectivity index (χ4n) is 2.50. The highest BCUT2D eigenvalue weighted by atomic mass is 35.5. The molecule has 0 aliphatic carbocycles. The van der Waals surface area contributed by atoms with Crippen LogP contribution in [-0.4, -0.2) is 45.3 Å². The summed E-state index contributed by atoms with van der Waals surface area (Å²) in [6.07, 6.45) is 0. The molecule has 1 saturated heterocycles. The zero-order valence-corrected chi connectivity index (χ0v) is 13.2. The normalized spacial score (nSPS) is 18.6. The Morgan fingerprint density at radius 2 is 2.33 bits per heavy atom. The lowest BCUT2D eigenvalue weighted by molar-refractivity contribution is -0.124. The first-order valence-corrected chi connectivity index (χ1v) is 7.60. The van der Waals surface area contributed by atoms with E-state index in [1.807, 2.05) is 37.1 Å². The van der Waals surface area contributed by atoms with Crippen LogP contribution >= 0.6 is 11.6 Å². The van der Waals surface area contributed by atoms with Crippen LogP contribution in [0.2, 0.25) is 5.02 Å². The van der Waals surface area contributed by atoms with Crippen molar-refractivity contribution in [1.82, 2.24) is 10.6 Å². The number of halogens is 1. The van der Waals surface area contributed by atoms with Crippen molar-refractivity contribution in [3.05, 3.63) is 28.8 Å². The number of likely N-dealkylation sites (N-methyl/N-ethyl adjacent to an activating group) is 1. The number of nitrogens with zero attached hydrogens (tertiary/aromatic N) is 1. The summed E-state index contributed by atoms with van der Waals surface area (Å²) in [5, 5.41) is 6.62. The van der Waals surface area contributed by atoms with Crippen molar-refractivity contribution in [2.45, 2.75) is 19.5 Å². The first-order chi connectivity index (χ1) is 10.2. The molecule has 6 heteroatoms. The van der Waals surface area contributed by atoms with Crippen LogP contribution in [-0.2, 0) is 16.1 Å². The smallest absolute Gasteiger partial charge is 0.245 e. The number of hydrogen-bond donors (Lipinski definition) is 2. The Balaban J connectivity index is 2.22. The number of amides is 1. The van der Waals surface area contributed by atoms with E-state index in [0.717, 1.165) is 17.8 Å². The van der Waals surface area contributed by atoms with Gasteiger partial charge in [-0.15, -0.1) is 0 Å². The number of morpholine rings is 1. The van der Waals surface area contributed by atoms with Crippen molar-refractivity contribution in [2.75, 3.05) is 38.3 Å². The average molecular weight is 312 g/mol. The molecule has 5 nitrogen and oxygen atoms in total. The summed E-state index contributed by atoms with van der Waals surface area (Å²) >= 11 is 6.40. The van der Waals surface area contributed by atoms with Gasteiger partial charge in [0.2, 0.25) is 5.91 Å². The molecular weight excluding hydrogens is 290 g/mol. The predicted octanol–water partition coefficient (Wildman–Crippen LogP) is 1.40. The summed E-state index contributed by atoms with van der Waals surface area (Å²) < 4.78 is 5.45. The maximum absolute atomic E-state index is 12.2. The monoisotopic (exact) mass is 311 g/mol. The molecule has 1 aliphatic rings. The fraction of sp³-hybridized carbons (Fsp3) is 0.533. The second-order valence-corrected chi connectivity index (χ2v) is 5.40. The molecule has 21 heavy (non-hydrogen) atoms. The molecule has 1 aliphatic heterocycles. The standard InChI is InChI=1S/C15H22ClN3O2/c1-3-18-15(20)14-10-21-7-6-19(14)13-5-4-11(9-17-2)8-12(13)16/h4-5,8,14,17H,3,6-7,9-10H2,1-2H3,(H,18,20). The van der Waals surface area contributed by atoms with E-state index < -0.39 is 0 Å². The van der Waals surface area contributed by atoms with Gasteiger partial charge in [-0.05, 0) is 31.7 Å². The maximum atomic E-state index is 12.2. The molecular formula is C15H22ClN3O2. The van der Waals surface area contributed by atoms with Crippen LogP contribution in [0, 0.1) is 0 Å². The summed E-state index contributed by atoms with van der Waals surface area (Å²) in [6, 6.07) is 5.62. The van der Waals surface area contributed by atoms with Crippen LogP contribution in [0.3, 0.4) is 0 Å². The Morgan fingerprint density at radius 3 is 3.00 bits per heavy atom. The summed E-state index contributed by atoms with van der Waals surface area (Å²) in [5.74, 6) is -0.0208. The van der Waals surface area contributed by atoms with Gasteiger partial charge in [-0.25, -0.2) is 0 Å². The van der Waals surface area contributed by atoms with E-state index in [0.29, 0.717) is 31.3 Å².